The van der Waals surface area contributed by atoms with Crippen molar-refractivity contribution in [2.75, 3.05) is 51.8 Å². The summed E-state index contributed by atoms with van der Waals surface area (Å²) in [4.78, 5) is 30.6. The van der Waals surface area contributed by atoms with E-state index in [4.69, 9.17) is 4.74 Å². The van der Waals surface area contributed by atoms with Gasteiger partial charge >= 0.3 is 0 Å². The van der Waals surface area contributed by atoms with E-state index in [-0.39, 0.29) is 17.9 Å². The van der Waals surface area contributed by atoms with Gasteiger partial charge in [-0.15, -0.1) is 0 Å². The van der Waals surface area contributed by atoms with Gasteiger partial charge in [-0.2, -0.15) is 0 Å². The monoisotopic (exact) mass is 359 g/mol. The van der Waals surface area contributed by atoms with Crippen molar-refractivity contribution in [2.45, 2.75) is 32.3 Å². The Balaban J connectivity index is 1.76. The number of hydrogen-bond donors (Lipinski definition) is 0. The summed E-state index contributed by atoms with van der Waals surface area (Å²) in [5.41, 5.74) is 2.72. The van der Waals surface area contributed by atoms with Crippen LogP contribution in [0, 0.1) is 0 Å². The SMILES string of the molecule is CC(=O)N1CCc2cc(C(=O)N(CCN(C)C)CC3CCCO3)ccc21. The number of ether oxygens (including phenoxy) is 1. The van der Waals surface area contributed by atoms with Gasteiger partial charge in [-0.05, 0) is 57.1 Å². The molecule has 1 saturated heterocycles. The highest BCUT2D eigenvalue weighted by Crippen LogP contribution is 2.29. The van der Waals surface area contributed by atoms with Gasteiger partial charge < -0.3 is 19.4 Å². The molecule has 1 unspecified atom stereocenters. The predicted octanol–water partition coefficient (Wildman–Crippen LogP) is 1.78. The number of carbonyl (C=O) groups is 2. The summed E-state index contributed by atoms with van der Waals surface area (Å²) >= 11 is 0. The van der Waals surface area contributed by atoms with Crippen molar-refractivity contribution in [3.63, 3.8) is 0 Å². The first-order chi connectivity index (χ1) is 12.5. The Hall–Kier alpha value is -1.92. The third-order valence-electron chi connectivity index (χ3n) is 5.15. The molecule has 0 bridgehead atoms. The van der Waals surface area contributed by atoms with Gasteiger partial charge in [0.25, 0.3) is 5.91 Å². The largest absolute Gasteiger partial charge is 0.376 e. The zero-order valence-electron chi connectivity index (χ0n) is 16.0. The van der Waals surface area contributed by atoms with Crippen LogP contribution < -0.4 is 4.90 Å². The van der Waals surface area contributed by atoms with Crippen molar-refractivity contribution in [1.82, 2.24) is 9.80 Å². The zero-order valence-corrected chi connectivity index (χ0v) is 16.0. The van der Waals surface area contributed by atoms with Crippen LogP contribution in [0.25, 0.3) is 0 Å². The van der Waals surface area contributed by atoms with E-state index >= 15 is 0 Å². The van der Waals surface area contributed by atoms with E-state index in [0.29, 0.717) is 25.2 Å². The number of rotatable bonds is 6. The lowest BCUT2D eigenvalue weighted by molar-refractivity contribution is -0.116. The fourth-order valence-electron chi connectivity index (χ4n) is 3.68. The third kappa shape index (κ3) is 4.24. The first-order valence-electron chi connectivity index (χ1n) is 9.42. The molecular formula is C20H29N3O3. The fraction of sp³-hybridized carbons (Fsp3) is 0.600. The first-order valence-corrected chi connectivity index (χ1v) is 9.42. The van der Waals surface area contributed by atoms with Crippen LogP contribution in [0.4, 0.5) is 5.69 Å². The zero-order chi connectivity index (χ0) is 18.7. The summed E-state index contributed by atoms with van der Waals surface area (Å²) in [7, 11) is 4.03. The number of nitrogens with zero attached hydrogens (tertiary/aromatic N) is 3. The smallest absolute Gasteiger partial charge is 0.253 e. The number of likely N-dealkylation sites (N-methyl/N-ethyl adjacent to an activating group) is 1. The van der Waals surface area contributed by atoms with Gasteiger partial charge in [-0.25, -0.2) is 0 Å². The van der Waals surface area contributed by atoms with E-state index in [1.807, 2.05) is 37.2 Å². The normalized spacial score (nSPS) is 19.1. The van der Waals surface area contributed by atoms with Gasteiger partial charge in [0.1, 0.15) is 0 Å². The molecule has 2 aliphatic heterocycles. The van der Waals surface area contributed by atoms with Crippen LogP contribution >= 0.6 is 0 Å². The van der Waals surface area contributed by atoms with Crippen LogP contribution in [0.15, 0.2) is 18.2 Å². The van der Waals surface area contributed by atoms with Crippen molar-refractivity contribution in [3.8, 4) is 0 Å². The Morgan fingerprint density at radius 2 is 2.08 bits per heavy atom. The molecule has 6 heteroatoms. The van der Waals surface area contributed by atoms with Crippen molar-refractivity contribution in [1.29, 1.82) is 0 Å². The lowest BCUT2D eigenvalue weighted by atomic mass is 10.1. The summed E-state index contributed by atoms with van der Waals surface area (Å²) in [5, 5.41) is 0. The van der Waals surface area contributed by atoms with Crippen molar-refractivity contribution < 1.29 is 14.3 Å². The van der Waals surface area contributed by atoms with E-state index in [1.165, 1.54) is 0 Å². The molecule has 0 spiro atoms. The summed E-state index contributed by atoms with van der Waals surface area (Å²) in [6.45, 7) is 5.22. The highest BCUT2D eigenvalue weighted by molar-refractivity contribution is 5.97. The van der Waals surface area contributed by atoms with Crippen LogP contribution in [0.1, 0.15) is 35.7 Å². The Morgan fingerprint density at radius 3 is 2.73 bits per heavy atom. The molecule has 2 heterocycles. The Bertz CT molecular complexity index is 668. The van der Waals surface area contributed by atoms with Gasteiger partial charge in [0.05, 0.1) is 6.10 Å². The third-order valence-corrected chi connectivity index (χ3v) is 5.15. The molecule has 1 fully saturated rings. The number of hydrogen-bond acceptors (Lipinski definition) is 4. The van der Waals surface area contributed by atoms with Crippen LogP contribution in [-0.2, 0) is 16.0 Å². The fourth-order valence-corrected chi connectivity index (χ4v) is 3.68. The lowest BCUT2D eigenvalue weighted by Gasteiger charge is -2.27. The Morgan fingerprint density at radius 1 is 1.27 bits per heavy atom. The number of fused-ring (bicyclic) bond motifs is 1. The summed E-state index contributed by atoms with van der Waals surface area (Å²) in [6, 6.07) is 5.71. The molecule has 0 saturated carbocycles. The van der Waals surface area contributed by atoms with Gasteiger partial charge in [0.2, 0.25) is 5.91 Å². The van der Waals surface area contributed by atoms with Gasteiger partial charge in [0.15, 0.2) is 0 Å². The molecule has 0 aliphatic carbocycles. The maximum Gasteiger partial charge on any atom is 0.253 e. The Kier molecular flexibility index (Phi) is 5.94. The second-order valence-electron chi connectivity index (χ2n) is 7.45. The van der Waals surface area contributed by atoms with Crippen molar-refractivity contribution in [3.05, 3.63) is 29.3 Å². The van der Waals surface area contributed by atoms with Crippen molar-refractivity contribution in [2.24, 2.45) is 0 Å². The topological polar surface area (TPSA) is 53.1 Å². The average Bonchev–Trinajstić information content (AvgIpc) is 3.26. The van der Waals surface area contributed by atoms with E-state index in [1.54, 1.807) is 11.8 Å². The molecule has 1 aromatic rings. The van der Waals surface area contributed by atoms with E-state index in [9.17, 15) is 9.59 Å². The van der Waals surface area contributed by atoms with Crippen LogP contribution in [0.5, 0.6) is 0 Å². The molecule has 142 valence electrons. The lowest BCUT2D eigenvalue weighted by Crippen LogP contribution is -2.41. The molecule has 6 nitrogen and oxygen atoms in total. The highest BCUT2D eigenvalue weighted by Gasteiger charge is 2.26. The van der Waals surface area contributed by atoms with Crippen molar-refractivity contribution >= 4 is 17.5 Å². The minimum Gasteiger partial charge on any atom is -0.376 e. The maximum atomic E-state index is 13.1. The quantitative estimate of drug-likeness (QED) is 0.777. The van der Waals surface area contributed by atoms with Gasteiger partial charge in [-0.1, -0.05) is 0 Å². The number of anilines is 1. The molecule has 1 aromatic carbocycles. The molecule has 0 aromatic heterocycles. The molecular weight excluding hydrogens is 330 g/mol. The van der Waals surface area contributed by atoms with E-state index in [2.05, 4.69) is 4.90 Å². The molecule has 26 heavy (non-hydrogen) atoms. The standard InChI is InChI=1S/C20H29N3O3/c1-15(24)23-9-8-16-13-17(6-7-19(16)23)20(25)22(11-10-21(2)3)14-18-5-4-12-26-18/h6-7,13,18H,4-5,8-12,14H2,1-3H3. The number of benzene rings is 1. The molecule has 2 aliphatic rings. The van der Waals surface area contributed by atoms with Crippen LogP contribution in [0.3, 0.4) is 0 Å². The van der Waals surface area contributed by atoms with Crippen LogP contribution in [0.2, 0.25) is 0 Å². The van der Waals surface area contributed by atoms with Gasteiger partial charge in [0, 0.05) is 51.0 Å². The first kappa shape index (κ1) is 18.9. The summed E-state index contributed by atoms with van der Waals surface area (Å²) < 4.78 is 5.74. The minimum absolute atomic E-state index is 0.0476. The molecule has 1 atom stereocenters. The van der Waals surface area contributed by atoms with E-state index < -0.39 is 0 Å². The van der Waals surface area contributed by atoms with E-state index in [0.717, 1.165) is 43.7 Å². The summed E-state index contributed by atoms with van der Waals surface area (Å²) in [5.74, 6) is 0.0974. The predicted molar refractivity (Wildman–Crippen MR) is 102 cm³/mol. The summed E-state index contributed by atoms with van der Waals surface area (Å²) in [6.07, 6.45) is 3.03. The second kappa shape index (κ2) is 8.18. The molecule has 2 amide bonds. The average molecular weight is 359 g/mol. The second-order valence-corrected chi connectivity index (χ2v) is 7.45. The molecule has 0 radical (unpaired) electrons. The minimum atomic E-state index is 0.0476. The Labute approximate surface area is 155 Å². The maximum absolute atomic E-state index is 13.1. The highest BCUT2D eigenvalue weighted by atomic mass is 16.5. The van der Waals surface area contributed by atoms with Gasteiger partial charge in [-0.3, -0.25) is 9.59 Å². The van der Waals surface area contributed by atoms with Crippen LogP contribution in [-0.4, -0.2) is 74.6 Å². The number of amides is 2. The molecule has 3 rings (SSSR count). The molecule has 0 N–H and O–H groups in total. The number of carbonyl (C=O) groups excluding carboxylic acids is 2.